The van der Waals surface area contributed by atoms with Crippen molar-refractivity contribution in [2.24, 2.45) is 0 Å². The first-order valence-corrected chi connectivity index (χ1v) is 7.30. The molecule has 0 amide bonds. The van der Waals surface area contributed by atoms with Crippen molar-refractivity contribution in [3.8, 4) is 0 Å². The van der Waals surface area contributed by atoms with E-state index in [1.54, 1.807) is 23.1 Å². The molecule has 90 valence electrons. The lowest BCUT2D eigenvalue weighted by Crippen LogP contribution is -2.17. The van der Waals surface area contributed by atoms with Gasteiger partial charge in [0.1, 0.15) is 5.82 Å². The molecule has 1 unspecified atom stereocenters. The Labute approximate surface area is 109 Å². The second kappa shape index (κ2) is 6.19. The second-order valence-corrected chi connectivity index (χ2v) is 5.54. The highest BCUT2D eigenvalue weighted by Crippen LogP contribution is 2.25. The maximum absolute atomic E-state index is 12.8. The molecule has 0 aliphatic heterocycles. The highest BCUT2D eigenvalue weighted by Gasteiger charge is 2.09. The van der Waals surface area contributed by atoms with Crippen LogP contribution in [0.5, 0.6) is 0 Å². The molecular formula is C13H14FNS2. The highest BCUT2D eigenvalue weighted by molar-refractivity contribution is 7.99. The maximum Gasteiger partial charge on any atom is 0.123 e. The van der Waals surface area contributed by atoms with Gasteiger partial charge in [-0.25, -0.2) is 4.39 Å². The zero-order valence-electron chi connectivity index (χ0n) is 9.52. The quantitative estimate of drug-likeness (QED) is 0.824. The number of nitrogens with one attached hydrogen (secondary N) is 1. The molecule has 0 radical (unpaired) electrons. The summed E-state index contributed by atoms with van der Waals surface area (Å²) in [7, 11) is 1.97. The van der Waals surface area contributed by atoms with Crippen molar-refractivity contribution in [1.29, 1.82) is 0 Å². The largest absolute Gasteiger partial charge is 0.312 e. The highest BCUT2D eigenvalue weighted by atomic mass is 32.2. The summed E-state index contributed by atoms with van der Waals surface area (Å²) in [5.41, 5.74) is 1.31. The Morgan fingerprint density at radius 1 is 1.29 bits per heavy atom. The summed E-state index contributed by atoms with van der Waals surface area (Å²) in [6.07, 6.45) is 0. The van der Waals surface area contributed by atoms with Gasteiger partial charge in [-0.1, -0.05) is 0 Å². The monoisotopic (exact) mass is 267 g/mol. The Morgan fingerprint density at radius 3 is 2.65 bits per heavy atom. The Morgan fingerprint density at radius 2 is 2.06 bits per heavy atom. The van der Waals surface area contributed by atoms with Crippen molar-refractivity contribution in [2.75, 3.05) is 12.8 Å². The molecule has 2 rings (SSSR count). The topological polar surface area (TPSA) is 12.0 Å². The van der Waals surface area contributed by atoms with Crippen LogP contribution in [0.1, 0.15) is 11.6 Å². The fraction of sp³-hybridized carbons (Fsp3) is 0.231. The minimum Gasteiger partial charge on any atom is -0.312 e. The molecule has 0 spiro atoms. The van der Waals surface area contributed by atoms with Crippen molar-refractivity contribution in [1.82, 2.24) is 5.32 Å². The number of hydrogen-bond donors (Lipinski definition) is 1. The van der Waals surface area contributed by atoms with E-state index in [-0.39, 0.29) is 5.82 Å². The molecule has 1 heterocycles. The van der Waals surface area contributed by atoms with Crippen molar-refractivity contribution in [2.45, 2.75) is 10.9 Å². The molecule has 1 aromatic carbocycles. The Hall–Kier alpha value is -0.840. The van der Waals surface area contributed by atoms with Gasteiger partial charge >= 0.3 is 0 Å². The fourth-order valence-corrected chi connectivity index (χ4v) is 3.29. The lowest BCUT2D eigenvalue weighted by atomic mass is 10.2. The predicted molar refractivity (Wildman–Crippen MR) is 73.2 cm³/mol. The number of benzene rings is 1. The fourth-order valence-electron chi connectivity index (χ4n) is 1.53. The van der Waals surface area contributed by atoms with Gasteiger partial charge in [-0.15, -0.1) is 11.8 Å². The predicted octanol–water partition coefficient (Wildman–Crippen LogP) is 3.94. The molecular weight excluding hydrogens is 253 g/mol. The van der Waals surface area contributed by atoms with Crippen LogP contribution in [-0.2, 0) is 0 Å². The molecule has 0 aliphatic carbocycles. The van der Waals surface area contributed by atoms with Crippen molar-refractivity contribution in [3.63, 3.8) is 0 Å². The number of thiophene rings is 1. The summed E-state index contributed by atoms with van der Waals surface area (Å²) >= 11 is 3.44. The summed E-state index contributed by atoms with van der Waals surface area (Å²) in [5, 5.41) is 7.54. The number of rotatable bonds is 5. The summed E-state index contributed by atoms with van der Waals surface area (Å²) in [5.74, 6) is 0.760. The van der Waals surface area contributed by atoms with Crippen LogP contribution in [-0.4, -0.2) is 12.8 Å². The lowest BCUT2D eigenvalue weighted by molar-refractivity contribution is 0.626. The van der Waals surface area contributed by atoms with Gasteiger partial charge in [0.2, 0.25) is 0 Å². The van der Waals surface area contributed by atoms with Crippen LogP contribution >= 0.6 is 23.1 Å². The van der Waals surface area contributed by atoms with E-state index in [1.165, 1.54) is 17.7 Å². The standard InChI is InChI=1S/C13H14FNS2/c1-15-13(10-6-7-16-8-10)9-17-12-4-2-11(14)3-5-12/h2-8,13,15H,9H2,1H3. The Balaban J connectivity index is 1.94. The molecule has 0 saturated carbocycles. The zero-order valence-corrected chi connectivity index (χ0v) is 11.2. The SMILES string of the molecule is CNC(CSc1ccc(F)cc1)c1ccsc1. The van der Waals surface area contributed by atoms with E-state index in [4.69, 9.17) is 0 Å². The van der Waals surface area contributed by atoms with Crippen molar-refractivity contribution < 1.29 is 4.39 Å². The van der Waals surface area contributed by atoms with Gasteiger partial charge in [-0.3, -0.25) is 0 Å². The summed E-state index contributed by atoms with van der Waals surface area (Å²) in [6.45, 7) is 0. The molecule has 1 aromatic heterocycles. The van der Waals surface area contributed by atoms with E-state index in [0.29, 0.717) is 6.04 Å². The first-order valence-electron chi connectivity index (χ1n) is 5.37. The van der Waals surface area contributed by atoms with E-state index in [1.807, 2.05) is 19.2 Å². The molecule has 0 saturated heterocycles. The van der Waals surface area contributed by atoms with Gasteiger partial charge in [0, 0.05) is 16.7 Å². The van der Waals surface area contributed by atoms with Crippen LogP contribution in [0.25, 0.3) is 0 Å². The van der Waals surface area contributed by atoms with Crippen LogP contribution < -0.4 is 5.32 Å². The molecule has 1 N–H and O–H groups in total. The summed E-state index contributed by atoms with van der Waals surface area (Å²) < 4.78 is 12.8. The molecule has 1 nitrogen and oxygen atoms in total. The van der Waals surface area contributed by atoms with Crippen molar-refractivity contribution in [3.05, 3.63) is 52.5 Å². The number of hydrogen-bond acceptors (Lipinski definition) is 3. The van der Waals surface area contributed by atoms with E-state index in [9.17, 15) is 4.39 Å². The molecule has 2 aromatic rings. The van der Waals surface area contributed by atoms with Gasteiger partial charge in [0.05, 0.1) is 0 Å². The van der Waals surface area contributed by atoms with Gasteiger partial charge in [-0.2, -0.15) is 11.3 Å². The molecule has 1 atom stereocenters. The smallest absolute Gasteiger partial charge is 0.123 e. The first-order chi connectivity index (χ1) is 8.29. The Kier molecular flexibility index (Phi) is 4.59. The van der Waals surface area contributed by atoms with E-state index < -0.39 is 0 Å². The first kappa shape index (κ1) is 12.6. The molecule has 4 heteroatoms. The minimum absolute atomic E-state index is 0.183. The average Bonchev–Trinajstić information content (AvgIpc) is 2.86. The van der Waals surface area contributed by atoms with Crippen LogP contribution in [0, 0.1) is 5.82 Å². The molecule has 0 aliphatic rings. The van der Waals surface area contributed by atoms with E-state index >= 15 is 0 Å². The minimum atomic E-state index is -0.183. The normalized spacial score (nSPS) is 12.6. The van der Waals surface area contributed by atoms with Crippen LogP contribution in [0.3, 0.4) is 0 Å². The van der Waals surface area contributed by atoms with Crippen molar-refractivity contribution >= 4 is 23.1 Å². The summed E-state index contributed by atoms with van der Waals surface area (Å²) in [4.78, 5) is 1.10. The number of halogens is 1. The third-order valence-electron chi connectivity index (χ3n) is 2.52. The second-order valence-electron chi connectivity index (χ2n) is 3.66. The van der Waals surface area contributed by atoms with E-state index in [0.717, 1.165) is 10.6 Å². The molecule has 17 heavy (non-hydrogen) atoms. The average molecular weight is 267 g/mol. The van der Waals surface area contributed by atoms with Gasteiger partial charge in [0.15, 0.2) is 0 Å². The van der Waals surface area contributed by atoms with Crippen LogP contribution in [0.4, 0.5) is 4.39 Å². The van der Waals surface area contributed by atoms with Gasteiger partial charge in [-0.05, 0) is 53.7 Å². The Bertz CT molecular complexity index is 439. The van der Waals surface area contributed by atoms with Gasteiger partial charge < -0.3 is 5.32 Å². The number of thioether (sulfide) groups is 1. The molecule has 0 bridgehead atoms. The molecule has 0 fully saturated rings. The summed E-state index contributed by atoms with van der Waals surface area (Å²) in [6, 6.07) is 9.12. The lowest BCUT2D eigenvalue weighted by Gasteiger charge is -2.14. The maximum atomic E-state index is 12.8. The van der Waals surface area contributed by atoms with Gasteiger partial charge in [0.25, 0.3) is 0 Å². The third kappa shape index (κ3) is 3.56. The third-order valence-corrected chi connectivity index (χ3v) is 4.33. The van der Waals surface area contributed by atoms with Crippen LogP contribution in [0.2, 0.25) is 0 Å². The van der Waals surface area contributed by atoms with Crippen LogP contribution in [0.15, 0.2) is 46.0 Å². The van der Waals surface area contributed by atoms with E-state index in [2.05, 4.69) is 22.1 Å². The zero-order chi connectivity index (χ0) is 12.1.